The molecule has 0 aromatic carbocycles. The normalized spacial score (nSPS) is 23.4. The van der Waals surface area contributed by atoms with E-state index >= 15 is 0 Å². The second kappa shape index (κ2) is 6.94. The van der Waals surface area contributed by atoms with Crippen molar-refractivity contribution in [1.29, 1.82) is 0 Å². The molecule has 0 radical (unpaired) electrons. The number of nitrogens with one attached hydrogen (secondary N) is 2. The summed E-state index contributed by atoms with van der Waals surface area (Å²) in [4.78, 5) is 0.361. The van der Waals surface area contributed by atoms with Gasteiger partial charge in [0, 0.05) is 32.0 Å². The number of hydrogen-bond donors (Lipinski definition) is 2. The molecule has 0 spiro atoms. The van der Waals surface area contributed by atoms with Gasteiger partial charge in [-0.15, -0.1) is 0 Å². The predicted octanol–water partition coefficient (Wildman–Crippen LogP) is 1.85. The molecule has 2 rings (SSSR count). The Bertz CT molecular complexity index is 557. The fourth-order valence-electron chi connectivity index (χ4n) is 2.93. The van der Waals surface area contributed by atoms with Crippen molar-refractivity contribution in [3.63, 3.8) is 0 Å². The summed E-state index contributed by atoms with van der Waals surface area (Å²) < 4.78 is 29.4. The van der Waals surface area contributed by atoms with Crippen LogP contribution in [0.5, 0.6) is 0 Å². The van der Waals surface area contributed by atoms with E-state index in [4.69, 9.17) is 0 Å². The van der Waals surface area contributed by atoms with E-state index in [1.807, 2.05) is 18.7 Å². The summed E-state index contributed by atoms with van der Waals surface area (Å²) in [5, 5.41) is 3.04. The average molecular weight is 313 g/mol. The van der Waals surface area contributed by atoms with Gasteiger partial charge < -0.3 is 9.88 Å². The molecule has 120 valence electrons. The lowest BCUT2D eigenvalue weighted by Crippen LogP contribution is -2.31. The Morgan fingerprint density at radius 1 is 1.29 bits per heavy atom. The van der Waals surface area contributed by atoms with Crippen LogP contribution in [0.15, 0.2) is 17.2 Å². The molecule has 0 amide bonds. The maximum Gasteiger partial charge on any atom is 0.242 e. The number of rotatable bonds is 6. The fourth-order valence-corrected chi connectivity index (χ4v) is 4.13. The van der Waals surface area contributed by atoms with Gasteiger partial charge in [-0.05, 0) is 37.8 Å². The van der Waals surface area contributed by atoms with E-state index in [1.165, 1.54) is 12.8 Å². The Morgan fingerprint density at radius 3 is 2.57 bits per heavy atom. The molecular weight excluding hydrogens is 286 g/mol. The van der Waals surface area contributed by atoms with Gasteiger partial charge in [0.15, 0.2) is 0 Å². The smallest absolute Gasteiger partial charge is 0.242 e. The predicted molar refractivity (Wildman–Crippen MR) is 84.5 cm³/mol. The maximum absolute atomic E-state index is 12.4. The Kier molecular flexibility index (Phi) is 5.46. The van der Waals surface area contributed by atoms with E-state index < -0.39 is 10.0 Å². The zero-order chi connectivity index (χ0) is 15.5. The minimum absolute atomic E-state index is 0.361. The summed E-state index contributed by atoms with van der Waals surface area (Å²) in [5.74, 6) is 1.27. The molecule has 1 aliphatic carbocycles. The number of sulfonamides is 1. The first-order valence-corrected chi connectivity index (χ1v) is 9.20. The van der Waals surface area contributed by atoms with Crippen LogP contribution in [0, 0.1) is 11.8 Å². The Labute approximate surface area is 128 Å². The topological polar surface area (TPSA) is 63.1 Å². The standard InChI is InChI=1S/C15H27N3O2S/c1-12-4-6-13(7-5-12)9-17-21(19,20)15-8-14(10-16-2)18(3)11-15/h8,11-13,16-17H,4-7,9-10H2,1-3H3. The molecule has 0 unspecified atom stereocenters. The average Bonchev–Trinajstić information content (AvgIpc) is 2.81. The Hall–Kier alpha value is -0.850. The largest absolute Gasteiger partial charge is 0.352 e. The highest BCUT2D eigenvalue weighted by Gasteiger charge is 2.22. The SMILES string of the molecule is CNCc1cc(S(=O)(=O)NCC2CCC(C)CC2)cn1C. The quantitative estimate of drug-likeness (QED) is 0.842. The lowest BCUT2D eigenvalue weighted by Gasteiger charge is -2.26. The van der Waals surface area contributed by atoms with Gasteiger partial charge in [0.05, 0.1) is 4.90 Å². The van der Waals surface area contributed by atoms with Gasteiger partial charge in [0.1, 0.15) is 0 Å². The maximum atomic E-state index is 12.4. The molecule has 1 aromatic heterocycles. The minimum Gasteiger partial charge on any atom is -0.352 e. The highest BCUT2D eigenvalue weighted by atomic mass is 32.2. The second-order valence-corrected chi connectivity index (χ2v) is 8.05. The fraction of sp³-hybridized carbons (Fsp3) is 0.733. The van der Waals surface area contributed by atoms with E-state index in [0.29, 0.717) is 23.9 Å². The van der Waals surface area contributed by atoms with Gasteiger partial charge >= 0.3 is 0 Å². The molecule has 1 aliphatic rings. The van der Waals surface area contributed by atoms with Crippen LogP contribution in [0.2, 0.25) is 0 Å². The van der Waals surface area contributed by atoms with E-state index in [9.17, 15) is 8.42 Å². The zero-order valence-corrected chi connectivity index (χ0v) is 14.0. The van der Waals surface area contributed by atoms with Crippen molar-refractivity contribution in [1.82, 2.24) is 14.6 Å². The number of aromatic nitrogens is 1. The monoisotopic (exact) mass is 313 g/mol. The summed E-state index contributed by atoms with van der Waals surface area (Å²) in [6.07, 6.45) is 6.36. The van der Waals surface area contributed by atoms with Crippen molar-refractivity contribution in [2.75, 3.05) is 13.6 Å². The summed E-state index contributed by atoms with van der Waals surface area (Å²) in [7, 11) is 0.328. The van der Waals surface area contributed by atoms with Crippen LogP contribution in [-0.2, 0) is 23.6 Å². The number of hydrogen-bond acceptors (Lipinski definition) is 3. The van der Waals surface area contributed by atoms with E-state index in [1.54, 1.807) is 12.3 Å². The molecule has 6 heteroatoms. The summed E-state index contributed by atoms with van der Waals surface area (Å²) in [6, 6.07) is 1.74. The van der Waals surface area contributed by atoms with Gasteiger partial charge in [-0.1, -0.05) is 19.8 Å². The summed E-state index contributed by atoms with van der Waals surface area (Å²) >= 11 is 0. The molecule has 0 aliphatic heterocycles. The van der Waals surface area contributed by atoms with Gasteiger partial charge in [0.2, 0.25) is 10.0 Å². The molecule has 0 saturated heterocycles. The molecule has 21 heavy (non-hydrogen) atoms. The molecule has 1 aromatic rings. The molecule has 0 atom stereocenters. The van der Waals surface area contributed by atoms with Gasteiger partial charge in [-0.3, -0.25) is 0 Å². The highest BCUT2D eigenvalue weighted by molar-refractivity contribution is 7.89. The zero-order valence-electron chi connectivity index (χ0n) is 13.2. The third-order valence-electron chi connectivity index (χ3n) is 4.45. The van der Waals surface area contributed by atoms with Gasteiger partial charge in [0.25, 0.3) is 0 Å². The van der Waals surface area contributed by atoms with Crippen LogP contribution >= 0.6 is 0 Å². The van der Waals surface area contributed by atoms with Crippen LogP contribution in [0.4, 0.5) is 0 Å². The molecule has 5 nitrogen and oxygen atoms in total. The Balaban J connectivity index is 1.96. The third kappa shape index (κ3) is 4.31. The lowest BCUT2D eigenvalue weighted by atomic mass is 9.83. The summed E-state index contributed by atoms with van der Waals surface area (Å²) in [6.45, 7) is 3.49. The first-order valence-electron chi connectivity index (χ1n) is 7.72. The van der Waals surface area contributed by atoms with Crippen molar-refractivity contribution in [2.24, 2.45) is 18.9 Å². The van der Waals surface area contributed by atoms with Crippen LogP contribution in [0.1, 0.15) is 38.3 Å². The van der Waals surface area contributed by atoms with Crippen molar-refractivity contribution >= 4 is 10.0 Å². The van der Waals surface area contributed by atoms with Gasteiger partial charge in [-0.2, -0.15) is 0 Å². The molecule has 2 N–H and O–H groups in total. The van der Waals surface area contributed by atoms with Crippen LogP contribution in [0.3, 0.4) is 0 Å². The highest BCUT2D eigenvalue weighted by Crippen LogP contribution is 2.28. The van der Waals surface area contributed by atoms with E-state index in [2.05, 4.69) is 17.0 Å². The third-order valence-corrected chi connectivity index (χ3v) is 5.84. The van der Waals surface area contributed by atoms with Crippen LogP contribution in [0.25, 0.3) is 0 Å². The molecular formula is C15H27N3O2S. The van der Waals surface area contributed by atoms with Crippen molar-refractivity contribution < 1.29 is 8.42 Å². The minimum atomic E-state index is -3.39. The first kappa shape index (κ1) is 16.5. The van der Waals surface area contributed by atoms with Crippen LogP contribution < -0.4 is 10.0 Å². The second-order valence-electron chi connectivity index (χ2n) is 6.29. The molecule has 1 saturated carbocycles. The summed E-state index contributed by atoms with van der Waals surface area (Å²) in [5.41, 5.74) is 0.962. The van der Waals surface area contributed by atoms with Crippen molar-refractivity contribution in [3.8, 4) is 0 Å². The van der Waals surface area contributed by atoms with E-state index in [-0.39, 0.29) is 0 Å². The van der Waals surface area contributed by atoms with Crippen molar-refractivity contribution in [3.05, 3.63) is 18.0 Å². The molecule has 1 heterocycles. The lowest BCUT2D eigenvalue weighted by molar-refractivity contribution is 0.290. The van der Waals surface area contributed by atoms with Crippen LogP contribution in [-0.4, -0.2) is 26.6 Å². The number of nitrogens with zero attached hydrogens (tertiary/aromatic N) is 1. The molecule has 0 bridgehead atoms. The first-order chi connectivity index (χ1) is 9.92. The molecule has 1 fully saturated rings. The Morgan fingerprint density at radius 2 is 1.95 bits per heavy atom. The number of aryl methyl sites for hydroxylation is 1. The van der Waals surface area contributed by atoms with Gasteiger partial charge in [-0.25, -0.2) is 13.1 Å². The van der Waals surface area contributed by atoms with E-state index in [0.717, 1.165) is 24.5 Å². The van der Waals surface area contributed by atoms with Crippen molar-refractivity contribution in [2.45, 2.75) is 44.0 Å².